The highest BCUT2D eigenvalue weighted by atomic mass is 16.6. The molecule has 1 aliphatic heterocycles. The predicted molar refractivity (Wildman–Crippen MR) is 87.6 cm³/mol. The molecule has 1 aromatic carbocycles. The highest BCUT2D eigenvalue weighted by molar-refractivity contribution is 6.10. The smallest absolute Gasteiger partial charge is 0.294 e. The van der Waals surface area contributed by atoms with Crippen LogP contribution in [0.5, 0.6) is 0 Å². The molecule has 2 rings (SSSR count). The Morgan fingerprint density at radius 1 is 1.38 bits per heavy atom. The van der Waals surface area contributed by atoms with E-state index in [-0.39, 0.29) is 23.6 Å². The van der Waals surface area contributed by atoms with E-state index in [1.54, 1.807) is 24.3 Å². The zero-order chi connectivity index (χ0) is 17.7. The summed E-state index contributed by atoms with van der Waals surface area (Å²) in [6.45, 7) is 4.96. The highest BCUT2D eigenvalue weighted by Gasteiger charge is 2.27. The predicted octanol–water partition coefficient (Wildman–Crippen LogP) is 2.02. The van der Waals surface area contributed by atoms with Crippen LogP contribution in [0, 0.1) is 32.8 Å². The first-order chi connectivity index (χ1) is 11.4. The molecule has 0 amide bonds. The number of nitriles is 2. The molecule has 1 heterocycles. The number of benzene rings is 1. The monoisotopic (exact) mass is 328 g/mol. The summed E-state index contributed by atoms with van der Waals surface area (Å²) in [5, 5.41) is 32.3. The fourth-order valence-corrected chi connectivity index (χ4v) is 2.58. The SMILES string of the molecule is CC1CN(c2ccc(NN=C(C#N)C#N)cc2[N+](=O)[O-])CC(C)O1. The molecule has 0 aliphatic carbocycles. The van der Waals surface area contributed by atoms with Crippen molar-refractivity contribution in [3.8, 4) is 12.1 Å². The molecule has 24 heavy (non-hydrogen) atoms. The Bertz CT molecular complexity index is 723. The minimum atomic E-state index is -0.468. The summed E-state index contributed by atoms with van der Waals surface area (Å²) in [5.41, 5.74) is 2.86. The Morgan fingerprint density at radius 2 is 2.00 bits per heavy atom. The number of morpholine rings is 1. The Hall–Kier alpha value is -3.17. The maximum Gasteiger partial charge on any atom is 0.294 e. The van der Waals surface area contributed by atoms with Crippen molar-refractivity contribution in [2.75, 3.05) is 23.4 Å². The topological polar surface area (TPSA) is 128 Å². The molecular formula is C15H16N6O3. The summed E-state index contributed by atoms with van der Waals surface area (Å²) >= 11 is 0. The summed E-state index contributed by atoms with van der Waals surface area (Å²) in [6.07, 6.45) is -0.0471. The van der Waals surface area contributed by atoms with Gasteiger partial charge in [0.25, 0.3) is 5.69 Å². The average molecular weight is 328 g/mol. The fourth-order valence-electron chi connectivity index (χ4n) is 2.58. The molecule has 0 bridgehead atoms. The number of ether oxygens (including phenoxy) is 1. The molecule has 1 saturated heterocycles. The van der Waals surface area contributed by atoms with Gasteiger partial charge in [-0.2, -0.15) is 15.6 Å². The van der Waals surface area contributed by atoms with Crippen molar-refractivity contribution in [3.05, 3.63) is 28.3 Å². The van der Waals surface area contributed by atoms with Crippen LogP contribution in [-0.4, -0.2) is 35.9 Å². The second kappa shape index (κ2) is 7.40. The standard InChI is InChI=1S/C15H16N6O3/c1-10-8-20(9-11(2)24-10)14-4-3-12(5-15(14)21(22)23)18-19-13(6-16)7-17/h3-5,10-11,18H,8-9H2,1-2H3. The van der Waals surface area contributed by atoms with Gasteiger partial charge in [-0.1, -0.05) is 0 Å². The lowest BCUT2D eigenvalue weighted by Crippen LogP contribution is -2.45. The molecular weight excluding hydrogens is 312 g/mol. The average Bonchev–Trinajstić information content (AvgIpc) is 2.54. The van der Waals surface area contributed by atoms with E-state index in [0.29, 0.717) is 24.5 Å². The van der Waals surface area contributed by atoms with Crippen LogP contribution in [0.3, 0.4) is 0 Å². The number of hydrogen-bond donors (Lipinski definition) is 1. The van der Waals surface area contributed by atoms with Crippen LogP contribution < -0.4 is 10.3 Å². The van der Waals surface area contributed by atoms with E-state index < -0.39 is 4.92 Å². The highest BCUT2D eigenvalue weighted by Crippen LogP contribution is 2.33. The van der Waals surface area contributed by atoms with Crippen LogP contribution in [0.4, 0.5) is 17.1 Å². The van der Waals surface area contributed by atoms with Crippen LogP contribution in [0.25, 0.3) is 0 Å². The molecule has 2 unspecified atom stereocenters. The van der Waals surface area contributed by atoms with E-state index in [1.165, 1.54) is 6.07 Å². The van der Waals surface area contributed by atoms with Crippen molar-refractivity contribution < 1.29 is 9.66 Å². The van der Waals surface area contributed by atoms with E-state index in [1.807, 2.05) is 18.7 Å². The van der Waals surface area contributed by atoms with Crippen molar-refractivity contribution in [2.24, 2.45) is 5.10 Å². The van der Waals surface area contributed by atoms with E-state index in [4.69, 9.17) is 15.3 Å². The first kappa shape index (κ1) is 17.2. The Kier molecular flexibility index (Phi) is 5.30. The van der Waals surface area contributed by atoms with Gasteiger partial charge in [0, 0.05) is 19.2 Å². The third kappa shape index (κ3) is 3.97. The van der Waals surface area contributed by atoms with Crippen molar-refractivity contribution >= 4 is 22.8 Å². The Balaban J connectivity index is 2.31. The van der Waals surface area contributed by atoms with Gasteiger partial charge in [0.05, 0.1) is 22.8 Å². The third-order valence-corrected chi connectivity index (χ3v) is 3.44. The molecule has 2 atom stereocenters. The maximum absolute atomic E-state index is 11.4. The first-order valence-corrected chi connectivity index (χ1v) is 7.27. The normalized spacial score (nSPS) is 19.8. The Labute approximate surface area is 138 Å². The lowest BCUT2D eigenvalue weighted by atomic mass is 10.1. The minimum absolute atomic E-state index is 0.0235. The summed E-state index contributed by atoms with van der Waals surface area (Å²) in [5.74, 6) is 0. The van der Waals surface area contributed by atoms with E-state index in [9.17, 15) is 10.1 Å². The van der Waals surface area contributed by atoms with Gasteiger partial charge in [-0.15, -0.1) is 0 Å². The molecule has 1 aliphatic rings. The largest absolute Gasteiger partial charge is 0.372 e. The van der Waals surface area contributed by atoms with Gasteiger partial charge in [0.2, 0.25) is 5.71 Å². The molecule has 0 radical (unpaired) electrons. The molecule has 1 aromatic rings. The summed E-state index contributed by atoms with van der Waals surface area (Å²) in [7, 11) is 0. The molecule has 9 nitrogen and oxygen atoms in total. The quantitative estimate of drug-likeness (QED) is 0.508. The lowest BCUT2D eigenvalue weighted by molar-refractivity contribution is -0.384. The molecule has 1 fully saturated rings. The van der Waals surface area contributed by atoms with Gasteiger partial charge >= 0.3 is 0 Å². The van der Waals surface area contributed by atoms with E-state index in [2.05, 4.69) is 10.5 Å². The number of nitro groups is 1. The minimum Gasteiger partial charge on any atom is -0.372 e. The summed E-state index contributed by atoms with van der Waals surface area (Å²) in [4.78, 5) is 12.9. The number of rotatable bonds is 4. The number of hydrazone groups is 1. The van der Waals surface area contributed by atoms with Gasteiger partial charge in [0.1, 0.15) is 17.8 Å². The second-order valence-corrected chi connectivity index (χ2v) is 5.42. The molecule has 124 valence electrons. The summed E-state index contributed by atoms with van der Waals surface area (Å²) in [6, 6.07) is 7.77. The molecule has 1 N–H and O–H groups in total. The third-order valence-electron chi connectivity index (χ3n) is 3.44. The van der Waals surface area contributed by atoms with Crippen LogP contribution in [0.15, 0.2) is 23.3 Å². The zero-order valence-electron chi connectivity index (χ0n) is 13.3. The van der Waals surface area contributed by atoms with Crippen molar-refractivity contribution in [1.82, 2.24) is 0 Å². The van der Waals surface area contributed by atoms with Crippen molar-refractivity contribution in [3.63, 3.8) is 0 Å². The van der Waals surface area contributed by atoms with E-state index >= 15 is 0 Å². The number of anilines is 2. The van der Waals surface area contributed by atoms with Crippen LogP contribution in [0.2, 0.25) is 0 Å². The molecule has 9 heteroatoms. The maximum atomic E-state index is 11.4. The van der Waals surface area contributed by atoms with Gasteiger partial charge < -0.3 is 9.64 Å². The number of nitro benzene ring substituents is 1. The van der Waals surface area contributed by atoms with E-state index in [0.717, 1.165) is 0 Å². The van der Waals surface area contributed by atoms with Crippen LogP contribution in [0.1, 0.15) is 13.8 Å². The van der Waals surface area contributed by atoms with Crippen molar-refractivity contribution in [1.29, 1.82) is 10.5 Å². The Morgan fingerprint density at radius 3 is 2.54 bits per heavy atom. The van der Waals surface area contributed by atoms with Gasteiger partial charge in [0.15, 0.2) is 0 Å². The lowest BCUT2D eigenvalue weighted by Gasteiger charge is -2.36. The van der Waals surface area contributed by atoms with Gasteiger partial charge in [-0.25, -0.2) is 0 Å². The number of nitrogens with zero attached hydrogens (tertiary/aromatic N) is 5. The fraction of sp³-hybridized carbons (Fsp3) is 0.400. The number of hydrogen-bond acceptors (Lipinski definition) is 8. The van der Waals surface area contributed by atoms with Crippen molar-refractivity contribution in [2.45, 2.75) is 26.1 Å². The van der Waals surface area contributed by atoms with Gasteiger partial charge in [-0.3, -0.25) is 15.5 Å². The second-order valence-electron chi connectivity index (χ2n) is 5.42. The summed E-state index contributed by atoms with van der Waals surface area (Å²) < 4.78 is 5.65. The van der Waals surface area contributed by atoms with Crippen LogP contribution in [-0.2, 0) is 4.74 Å². The number of nitrogens with one attached hydrogen (secondary N) is 1. The van der Waals surface area contributed by atoms with Gasteiger partial charge in [-0.05, 0) is 26.0 Å². The first-order valence-electron chi connectivity index (χ1n) is 7.27. The zero-order valence-corrected chi connectivity index (χ0v) is 13.3. The molecule has 0 saturated carbocycles. The molecule has 0 aromatic heterocycles. The molecule has 0 spiro atoms. The van der Waals surface area contributed by atoms with Crippen LogP contribution >= 0.6 is 0 Å².